The van der Waals surface area contributed by atoms with Crippen molar-refractivity contribution in [1.82, 2.24) is 0 Å². The fraction of sp³-hybridized carbons (Fsp3) is 0.533. The lowest BCUT2D eigenvalue weighted by Gasteiger charge is -2.18. The van der Waals surface area contributed by atoms with Gasteiger partial charge in [-0.05, 0) is 44.0 Å². The van der Waals surface area contributed by atoms with Gasteiger partial charge in [0.05, 0.1) is 0 Å². The number of carbonyl (C=O) groups excluding carboxylic acids is 1. The summed E-state index contributed by atoms with van der Waals surface area (Å²) in [6.07, 6.45) is -3.26. The van der Waals surface area contributed by atoms with Crippen LogP contribution in [0.4, 0.5) is 24.5 Å². The molecule has 1 amide bonds. The molecule has 122 valence electrons. The van der Waals surface area contributed by atoms with E-state index < -0.39 is 24.8 Å². The monoisotopic (exact) mass is 316 g/mol. The molecule has 0 radical (unpaired) electrons. The fourth-order valence-corrected chi connectivity index (χ4v) is 2.27. The standard InChI is InChI=1S/C15H19F3N2O2/c1-11(22-10-15(16,17)18)14(21)19-12-4-6-13(7-5-12)20-8-2-3-9-20/h4-7,11H,2-3,8-10H2,1H3,(H,19,21)/t11-/m0/s1. The molecular weight excluding hydrogens is 297 g/mol. The molecule has 1 heterocycles. The smallest absolute Gasteiger partial charge is 0.372 e. The summed E-state index contributed by atoms with van der Waals surface area (Å²) in [6, 6.07) is 7.26. The van der Waals surface area contributed by atoms with Crippen LogP contribution in [0.2, 0.25) is 0 Å². The summed E-state index contributed by atoms with van der Waals surface area (Å²) in [5.74, 6) is -0.599. The first-order valence-electron chi connectivity index (χ1n) is 7.19. The molecule has 0 bridgehead atoms. The zero-order chi connectivity index (χ0) is 16.2. The van der Waals surface area contributed by atoms with E-state index >= 15 is 0 Å². The number of anilines is 2. The molecule has 1 saturated heterocycles. The van der Waals surface area contributed by atoms with Crippen molar-refractivity contribution in [2.45, 2.75) is 32.0 Å². The van der Waals surface area contributed by atoms with Crippen LogP contribution < -0.4 is 10.2 Å². The quantitative estimate of drug-likeness (QED) is 0.907. The molecule has 1 aliphatic heterocycles. The number of benzene rings is 1. The van der Waals surface area contributed by atoms with Crippen molar-refractivity contribution in [1.29, 1.82) is 0 Å². The third-order valence-electron chi connectivity index (χ3n) is 3.47. The highest BCUT2D eigenvalue weighted by Crippen LogP contribution is 2.22. The molecule has 7 heteroatoms. The van der Waals surface area contributed by atoms with Crippen molar-refractivity contribution in [2.24, 2.45) is 0 Å². The lowest BCUT2D eigenvalue weighted by Crippen LogP contribution is -2.31. The van der Waals surface area contributed by atoms with E-state index in [0.717, 1.165) is 18.8 Å². The highest BCUT2D eigenvalue weighted by molar-refractivity contribution is 5.94. The first-order valence-corrected chi connectivity index (χ1v) is 7.19. The lowest BCUT2D eigenvalue weighted by atomic mass is 10.2. The first kappa shape index (κ1) is 16.6. The predicted molar refractivity (Wildman–Crippen MR) is 78.0 cm³/mol. The lowest BCUT2D eigenvalue weighted by molar-refractivity contribution is -0.184. The number of amides is 1. The molecule has 2 rings (SSSR count). The van der Waals surface area contributed by atoms with Crippen molar-refractivity contribution < 1.29 is 22.7 Å². The van der Waals surface area contributed by atoms with E-state index in [9.17, 15) is 18.0 Å². The Bertz CT molecular complexity index is 497. The van der Waals surface area contributed by atoms with Crippen LogP contribution >= 0.6 is 0 Å². The van der Waals surface area contributed by atoms with Gasteiger partial charge in [-0.15, -0.1) is 0 Å². The van der Waals surface area contributed by atoms with Gasteiger partial charge in [0.15, 0.2) is 0 Å². The molecule has 0 saturated carbocycles. The summed E-state index contributed by atoms with van der Waals surface area (Å²) < 4.78 is 40.6. The second-order valence-electron chi connectivity index (χ2n) is 5.30. The van der Waals surface area contributed by atoms with Gasteiger partial charge in [-0.25, -0.2) is 0 Å². The summed E-state index contributed by atoms with van der Waals surface area (Å²) in [4.78, 5) is 14.0. The van der Waals surface area contributed by atoms with Crippen LogP contribution in [0.25, 0.3) is 0 Å². The van der Waals surface area contributed by atoms with Crippen LogP contribution in [-0.4, -0.2) is 37.9 Å². The maximum absolute atomic E-state index is 12.0. The summed E-state index contributed by atoms with van der Waals surface area (Å²) in [6.45, 7) is 1.90. The van der Waals surface area contributed by atoms with Crippen molar-refractivity contribution in [2.75, 3.05) is 29.9 Å². The molecule has 1 N–H and O–H groups in total. The van der Waals surface area contributed by atoms with Gasteiger partial charge < -0.3 is 15.0 Å². The van der Waals surface area contributed by atoms with Gasteiger partial charge in [-0.2, -0.15) is 13.2 Å². The SMILES string of the molecule is C[C@H](OCC(F)(F)F)C(=O)Nc1ccc(N2CCCC2)cc1. The van der Waals surface area contributed by atoms with E-state index in [0.29, 0.717) is 5.69 Å². The molecule has 1 fully saturated rings. The Kier molecular flexibility index (Phi) is 5.28. The Labute approximate surface area is 127 Å². The fourth-order valence-electron chi connectivity index (χ4n) is 2.27. The molecule has 1 aromatic rings. The second kappa shape index (κ2) is 7.00. The zero-order valence-electron chi connectivity index (χ0n) is 12.3. The molecule has 0 unspecified atom stereocenters. The molecule has 22 heavy (non-hydrogen) atoms. The Morgan fingerprint density at radius 1 is 1.27 bits per heavy atom. The van der Waals surface area contributed by atoms with Crippen molar-refractivity contribution in [3.8, 4) is 0 Å². The van der Waals surface area contributed by atoms with Crippen LogP contribution in [0.5, 0.6) is 0 Å². The zero-order valence-corrected chi connectivity index (χ0v) is 12.3. The number of nitrogens with zero attached hydrogens (tertiary/aromatic N) is 1. The minimum absolute atomic E-state index is 0.537. The minimum Gasteiger partial charge on any atom is -0.372 e. The van der Waals surface area contributed by atoms with Gasteiger partial charge in [0.2, 0.25) is 0 Å². The number of rotatable bonds is 5. The molecule has 0 aromatic heterocycles. The van der Waals surface area contributed by atoms with Crippen LogP contribution in [0, 0.1) is 0 Å². The summed E-state index contributed by atoms with van der Waals surface area (Å²) >= 11 is 0. The number of alkyl halides is 3. The third-order valence-corrected chi connectivity index (χ3v) is 3.47. The third kappa shape index (κ3) is 4.91. The average molecular weight is 316 g/mol. The average Bonchev–Trinajstić information content (AvgIpc) is 2.99. The van der Waals surface area contributed by atoms with Crippen LogP contribution in [0.1, 0.15) is 19.8 Å². The Morgan fingerprint density at radius 2 is 1.86 bits per heavy atom. The summed E-state index contributed by atoms with van der Waals surface area (Å²) in [5.41, 5.74) is 1.62. The summed E-state index contributed by atoms with van der Waals surface area (Å²) in [5, 5.41) is 2.55. The number of hydrogen-bond donors (Lipinski definition) is 1. The van der Waals surface area contributed by atoms with Crippen molar-refractivity contribution >= 4 is 17.3 Å². The number of nitrogens with one attached hydrogen (secondary N) is 1. The van der Waals surface area contributed by atoms with Gasteiger partial charge in [0.1, 0.15) is 12.7 Å². The van der Waals surface area contributed by atoms with Crippen molar-refractivity contribution in [3.05, 3.63) is 24.3 Å². The van der Waals surface area contributed by atoms with Gasteiger partial charge in [0, 0.05) is 24.5 Å². The van der Waals surface area contributed by atoms with E-state index in [1.807, 2.05) is 12.1 Å². The molecule has 1 aromatic carbocycles. The highest BCUT2D eigenvalue weighted by Gasteiger charge is 2.29. The molecule has 1 aliphatic rings. The number of carbonyl (C=O) groups is 1. The van der Waals surface area contributed by atoms with Crippen LogP contribution in [0.3, 0.4) is 0 Å². The summed E-state index contributed by atoms with van der Waals surface area (Å²) in [7, 11) is 0. The molecule has 0 spiro atoms. The molecular formula is C15H19F3N2O2. The highest BCUT2D eigenvalue weighted by atomic mass is 19.4. The largest absolute Gasteiger partial charge is 0.411 e. The van der Waals surface area contributed by atoms with Crippen LogP contribution in [0.15, 0.2) is 24.3 Å². The van der Waals surface area contributed by atoms with E-state index in [1.54, 1.807) is 12.1 Å². The van der Waals surface area contributed by atoms with E-state index in [4.69, 9.17) is 0 Å². The number of hydrogen-bond acceptors (Lipinski definition) is 3. The Balaban J connectivity index is 1.85. The van der Waals surface area contributed by atoms with E-state index in [-0.39, 0.29) is 0 Å². The Hall–Kier alpha value is -1.76. The van der Waals surface area contributed by atoms with Gasteiger partial charge in [-0.1, -0.05) is 0 Å². The normalized spacial score (nSPS) is 16.6. The van der Waals surface area contributed by atoms with Crippen LogP contribution in [-0.2, 0) is 9.53 Å². The second-order valence-corrected chi connectivity index (χ2v) is 5.30. The van der Waals surface area contributed by atoms with Gasteiger partial charge in [-0.3, -0.25) is 4.79 Å². The maximum atomic E-state index is 12.0. The predicted octanol–water partition coefficient (Wildman–Crippen LogP) is 3.19. The number of halogens is 3. The Morgan fingerprint density at radius 3 is 2.41 bits per heavy atom. The van der Waals surface area contributed by atoms with E-state index in [1.165, 1.54) is 19.8 Å². The maximum Gasteiger partial charge on any atom is 0.411 e. The van der Waals surface area contributed by atoms with Crippen molar-refractivity contribution in [3.63, 3.8) is 0 Å². The van der Waals surface area contributed by atoms with E-state index in [2.05, 4.69) is 15.0 Å². The molecule has 1 atom stereocenters. The first-order chi connectivity index (χ1) is 10.3. The molecule has 4 nitrogen and oxygen atoms in total. The minimum atomic E-state index is -4.44. The topological polar surface area (TPSA) is 41.6 Å². The number of ether oxygens (including phenoxy) is 1. The van der Waals surface area contributed by atoms with Gasteiger partial charge >= 0.3 is 6.18 Å². The van der Waals surface area contributed by atoms with Gasteiger partial charge in [0.25, 0.3) is 5.91 Å². The molecule has 0 aliphatic carbocycles.